The highest BCUT2D eigenvalue weighted by molar-refractivity contribution is 7.80. The van der Waals surface area contributed by atoms with Gasteiger partial charge in [0.1, 0.15) is 11.5 Å². The topological polar surface area (TPSA) is 67.2 Å². The van der Waals surface area contributed by atoms with Gasteiger partial charge in [0.2, 0.25) is 5.11 Å². The Balaban J connectivity index is 1.90. The molecule has 0 aliphatic heterocycles. The van der Waals surface area contributed by atoms with E-state index in [4.69, 9.17) is 21.7 Å². The van der Waals surface area contributed by atoms with E-state index in [0.717, 1.165) is 22.6 Å². The molecule has 0 aliphatic rings. The molecule has 0 bridgehead atoms. The number of nitrogens with zero attached hydrogens (tertiary/aromatic N) is 2. The SMILES string of the molecule is CC(C)Oc1ccccc1/C=N/NC(=S)N/N=C/c1ccccc1OC(C)C. The third-order valence-electron chi connectivity index (χ3n) is 3.30. The molecule has 0 spiro atoms. The number of para-hydroxylation sites is 2. The van der Waals surface area contributed by atoms with Gasteiger partial charge in [0.15, 0.2) is 0 Å². The van der Waals surface area contributed by atoms with Gasteiger partial charge in [-0.25, -0.2) is 0 Å². The van der Waals surface area contributed by atoms with Gasteiger partial charge in [0, 0.05) is 11.1 Å². The minimum atomic E-state index is 0.0853. The lowest BCUT2D eigenvalue weighted by Gasteiger charge is -2.12. The second-order valence-electron chi connectivity index (χ2n) is 6.48. The summed E-state index contributed by atoms with van der Waals surface area (Å²) in [6.45, 7) is 7.92. The zero-order valence-electron chi connectivity index (χ0n) is 16.5. The molecule has 0 fully saturated rings. The van der Waals surface area contributed by atoms with Crippen LogP contribution in [0.25, 0.3) is 0 Å². The maximum Gasteiger partial charge on any atom is 0.207 e. The highest BCUT2D eigenvalue weighted by Gasteiger charge is 2.03. The Labute approximate surface area is 171 Å². The van der Waals surface area contributed by atoms with Crippen LogP contribution < -0.4 is 20.3 Å². The summed E-state index contributed by atoms with van der Waals surface area (Å²) >= 11 is 5.18. The molecule has 0 saturated heterocycles. The fraction of sp³-hybridized carbons (Fsp3) is 0.286. The molecule has 2 rings (SSSR count). The number of rotatable bonds is 8. The lowest BCUT2D eigenvalue weighted by Crippen LogP contribution is -2.28. The lowest BCUT2D eigenvalue weighted by atomic mass is 10.2. The quantitative estimate of drug-likeness (QED) is 0.398. The third kappa shape index (κ3) is 7.36. The normalized spacial score (nSPS) is 11.4. The second kappa shape index (κ2) is 11.0. The minimum Gasteiger partial charge on any atom is -0.490 e. The maximum atomic E-state index is 5.75. The summed E-state index contributed by atoms with van der Waals surface area (Å²) in [5.74, 6) is 1.53. The van der Waals surface area contributed by atoms with Crippen molar-refractivity contribution in [2.45, 2.75) is 39.9 Å². The van der Waals surface area contributed by atoms with E-state index in [9.17, 15) is 0 Å². The largest absolute Gasteiger partial charge is 0.490 e. The number of ether oxygens (including phenoxy) is 2. The smallest absolute Gasteiger partial charge is 0.207 e. The molecule has 0 saturated carbocycles. The van der Waals surface area contributed by atoms with Crippen LogP contribution in [-0.4, -0.2) is 29.7 Å². The molecule has 0 radical (unpaired) electrons. The van der Waals surface area contributed by atoms with E-state index in [1.54, 1.807) is 12.4 Å². The van der Waals surface area contributed by atoms with E-state index >= 15 is 0 Å². The average molecular weight is 399 g/mol. The Kier molecular flexibility index (Phi) is 8.42. The van der Waals surface area contributed by atoms with Gasteiger partial charge < -0.3 is 9.47 Å². The molecular weight excluding hydrogens is 372 g/mol. The van der Waals surface area contributed by atoms with Crippen LogP contribution in [0.5, 0.6) is 11.5 Å². The van der Waals surface area contributed by atoms with Crippen LogP contribution in [0.1, 0.15) is 38.8 Å². The number of nitrogens with one attached hydrogen (secondary N) is 2. The average Bonchev–Trinajstić information content (AvgIpc) is 2.64. The maximum absolute atomic E-state index is 5.75. The van der Waals surface area contributed by atoms with E-state index in [1.165, 1.54) is 0 Å². The van der Waals surface area contributed by atoms with Crippen LogP contribution in [0.2, 0.25) is 0 Å². The van der Waals surface area contributed by atoms with Crippen LogP contribution in [-0.2, 0) is 0 Å². The molecule has 2 N–H and O–H groups in total. The number of thiocarbonyl (C=S) groups is 1. The van der Waals surface area contributed by atoms with Crippen molar-refractivity contribution in [2.75, 3.05) is 0 Å². The van der Waals surface area contributed by atoms with Crippen LogP contribution in [0, 0.1) is 0 Å². The van der Waals surface area contributed by atoms with E-state index in [2.05, 4.69) is 21.1 Å². The summed E-state index contributed by atoms with van der Waals surface area (Å²) in [7, 11) is 0. The number of benzene rings is 2. The van der Waals surface area contributed by atoms with Gasteiger partial charge in [-0.1, -0.05) is 24.3 Å². The van der Waals surface area contributed by atoms with E-state index in [1.807, 2.05) is 76.2 Å². The van der Waals surface area contributed by atoms with Crippen LogP contribution in [0.3, 0.4) is 0 Å². The van der Waals surface area contributed by atoms with E-state index in [0.29, 0.717) is 0 Å². The van der Waals surface area contributed by atoms with Gasteiger partial charge in [0.25, 0.3) is 0 Å². The predicted molar refractivity (Wildman–Crippen MR) is 118 cm³/mol. The summed E-state index contributed by atoms with van der Waals surface area (Å²) in [5.41, 5.74) is 7.18. The van der Waals surface area contributed by atoms with Crippen molar-refractivity contribution in [1.82, 2.24) is 10.9 Å². The first-order valence-electron chi connectivity index (χ1n) is 9.09. The van der Waals surface area contributed by atoms with Crippen LogP contribution in [0.15, 0.2) is 58.7 Å². The zero-order chi connectivity index (χ0) is 20.4. The van der Waals surface area contributed by atoms with Crippen molar-refractivity contribution in [3.05, 3.63) is 59.7 Å². The van der Waals surface area contributed by atoms with Crippen LogP contribution >= 0.6 is 12.2 Å². The Morgan fingerprint density at radius 2 is 1.18 bits per heavy atom. The Morgan fingerprint density at radius 3 is 1.57 bits per heavy atom. The summed E-state index contributed by atoms with van der Waals surface area (Å²) in [5, 5.41) is 8.54. The van der Waals surface area contributed by atoms with Crippen molar-refractivity contribution in [3.63, 3.8) is 0 Å². The summed E-state index contributed by atoms with van der Waals surface area (Å²) in [4.78, 5) is 0. The Bertz CT molecular complexity index is 767. The molecule has 28 heavy (non-hydrogen) atoms. The first-order chi connectivity index (χ1) is 13.5. The number of hydrogen-bond acceptors (Lipinski definition) is 5. The van der Waals surface area contributed by atoms with E-state index in [-0.39, 0.29) is 17.3 Å². The highest BCUT2D eigenvalue weighted by Crippen LogP contribution is 2.18. The monoisotopic (exact) mass is 398 g/mol. The molecule has 7 heteroatoms. The molecule has 2 aromatic rings. The number of hydrogen-bond donors (Lipinski definition) is 2. The van der Waals surface area contributed by atoms with Crippen molar-refractivity contribution in [1.29, 1.82) is 0 Å². The van der Waals surface area contributed by atoms with Crippen molar-refractivity contribution >= 4 is 29.8 Å². The molecular formula is C21H26N4O2S. The number of hydrazone groups is 2. The van der Waals surface area contributed by atoms with E-state index < -0.39 is 0 Å². The second-order valence-corrected chi connectivity index (χ2v) is 6.89. The highest BCUT2D eigenvalue weighted by atomic mass is 32.1. The molecule has 0 aromatic heterocycles. The molecule has 0 unspecified atom stereocenters. The summed E-state index contributed by atoms with van der Waals surface area (Å²) in [6.07, 6.45) is 3.48. The predicted octanol–water partition coefficient (Wildman–Crippen LogP) is 4.09. The Morgan fingerprint density at radius 1 is 0.786 bits per heavy atom. The standard InChI is InChI=1S/C21H26N4O2S/c1-15(2)26-19-11-7-5-9-17(19)13-22-24-21(28)25-23-14-18-10-6-8-12-20(18)27-16(3)4/h5-16H,1-4H3,(H2,24,25,28)/b22-13+,23-14+. The van der Waals surface area contributed by atoms with Gasteiger partial charge >= 0.3 is 0 Å². The third-order valence-corrected chi connectivity index (χ3v) is 3.49. The molecule has 2 aromatic carbocycles. The zero-order valence-corrected chi connectivity index (χ0v) is 17.4. The molecule has 0 aliphatic carbocycles. The lowest BCUT2D eigenvalue weighted by molar-refractivity contribution is 0.242. The minimum absolute atomic E-state index is 0.0853. The molecule has 0 heterocycles. The first kappa shape index (κ1) is 21.4. The van der Waals surface area contributed by atoms with Crippen molar-refractivity contribution in [3.8, 4) is 11.5 Å². The van der Waals surface area contributed by atoms with Gasteiger partial charge in [-0.2, -0.15) is 10.2 Å². The molecule has 0 amide bonds. The van der Waals surface area contributed by atoms with Gasteiger partial charge in [-0.15, -0.1) is 0 Å². The van der Waals surface area contributed by atoms with Crippen LogP contribution in [0.4, 0.5) is 0 Å². The van der Waals surface area contributed by atoms with Crippen molar-refractivity contribution in [2.24, 2.45) is 10.2 Å². The van der Waals surface area contributed by atoms with Gasteiger partial charge in [-0.05, 0) is 64.2 Å². The Hall–Kier alpha value is -2.93. The summed E-state index contributed by atoms with van der Waals surface area (Å²) < 4.78 is 11.5. The molecule has 0 atom stereocenters. The van der Waals surface area contributed by atoms with Gasteiger partial charge in [0.05, 0.1) is 24.6 Å². The summed E-state index contributed by atoms with van der Waals surface area (Å²) in [6, 6.07) is 15.3. The first-order valence-corrected chi connectivity index (χ1v) is 9.50. The fourth-order valence-corrected chi connectivity index (χ4v) is 2.35. The molecule has 148 valence electrons. The fourth-order valence-electron chi connectivity index (χ4n) is 2.24. The van der Waals surface area contributed by atoms with Crippen molar-refractivity contribution < 1.29 is 9.47 Å². The molecule has 6 nitrogen and oxygen atoms in total. The van der Waals surface area contributed by atoms with Gasteiger partial charge in [-0.3, -0.25) is 10.9 Å².